The number of allylic oxidation sites excluding steroid dienone is 6. The van der Waals surface area contributed by atoms with Gasteiger partial charge in [-0.2, -0.15) is 0 Å². The molecule has 0 heterocycles. The molecule has 0 rings (SSSR count). The monoisotopic (exact) mass is 997 g/mol. The van der Waals surface area contributed by atoms with Gasteiger partial charge in [0.25, 0.3) is 0 Å². The molecule has 0 fully saturated rings. The predicted molar refractivity (Wildman–Crippen MR) is 307 cm³/mol. The molecule has 6 heteroatoms. The molecule has 0 aliphatic heterocycles. The van der Waals surface area contributed by atoms with Crippen molar-refractivity contribution < 1.29 is 28.6 Å². The van der Waals surface area contributed by atoms with E-state index in [1.54, 1.807) is 0 Å². The van der Waals surface area contributed by atoms with E-state index < -0.39 is 6.10 Å². The Bertz CT molecular complexity index is 1190. The lowest BCUT2D eigenvalue weighted by Gasteiger charge is -2.18. The van der Waals surface area contributed by atoms with Crippen LogP contribution in [0.2, 0.25) is 0 Å². The minimum atomic E-state index is -0.777. The largest absolute Gasteiger partial charge is 0.462 e. The van der Waals surface area contributed by atoms with Crippen molar-refractivity contribution in [2.24, 2.45) is 0 Å². The molecule has 0 aliphatic carbocycles. The summed E-state index contributed by atoms with van der Waals surface area (Å²) in [6, 6.07) is 0. The molecule has 0 aromatic rings. The maximum atomic E-state index is 12.9. The number of carbonyl (C=O) groups is 3. The van der Waals surface area contributed by atoms with Crippen molar-refractivity contribution in [3.05, 3.63) is 36.5 Å². The van der Waals surface area contributed by atoms with Crippen molar-refractivity contribution in [1.29, 1.82) is 0 Å². The molecule has 0 amide bonds. The van der Waals surface area contributed by atoms with Crippen LogP contribution in [0.15, 0.2) is 36.5 Å². The fraction of sp³-hybridized carbons (Fsp3) is 0.862. The van der Waals surface area contributed by atoms with Crippen LogP contribution < -0.4 is 0 Å². The highest BCUT2D eigenvalue weighted by molar-refractivity contribution is 5.71. The van der Waals surface area contributed by atoms with Gasteiger partial charge in [0.05, 0.1) is 0 Å². The van der Waals surface area contributed by atoms with Crippen LogP contribution in [0, 0.1) is 0 Å². The van der Waals surface area contributed by atoms with Crippen LogP contribution in [0.5, 0.6) is 0 Å². The minimum absolute atomic E-state index is 0.0741. The number of rotatable bonds is 58. The first kappa shape index (κ1) is 68.6. The summed E-state index contributed by atoms with van der Waals surface area (Å²) in [5, 5.41) is 0. The fourth-order valence-electron chi connectivity index (χ4n) is 9.31. The van der Waals surface area contributed by atoms with Crippen LogP contribution in [0.1, 0.15) is 342 Å². The topological polar surface area (TPSA) is 78.9 Å². The van der Waals surface area contributed by atoms with E-state index in [2.05, 4.69) is 57.2 Å². The highest BCUT2D eigenvalue weighted by atomic mass is 16.6. The maximum Gasteiger partial charge on any atom is 0.306 e. The predicted octanol–water partition coefficient (Wildman–Crippen LogP) is 21.2. The van der Waals surface area contributed by atoms with Crippen LogP contribution in [0.3, 0.4) is 0 Å². The summed E-state index contributed by atoms with van der Waals surface area (Å²) >= 11 is 0. The number of ether oxygens (including phenoxy) is 3. The van der Waals surface area contributed by atoms with E-state index in [0.29, 0.717) is 19.3 Å². The molecule has 0 saturated heterocycles. The Hall–Kier alpha value is -2.37. The van der Waals surface area contributed by atoms with Gasteiger partial charge in [-0.05, 0) is 96.3 Å². The molecule has 1 atom stereocenters. The summed E-state index contributed by atoms with van der Waals surface area (Å²) in [6.07, 6.45) is 72.9. The molecular formula is C65H120O6. The van der Waals surface area contributed by atoms with Gasteiger partial charge in [0.1, 0.15) is 13.2 Å². The highest BCUT2D eigenvalue weighted by Crippen LogP contribution is 2.17. The second-order valence-corrected chi connectivity index (χ2v) is 21.3. The smallest absolute Gasteiger partial charge is 0.306 e. The molecular weight excluding hydrogens is 877 g/mol. The van der Waals surface area contributed by atoms with Crippen LogP contribution in [0.4, 0.5) is 0 Å². The third-order valence-corrected chi connectivity index (χ3v) is 14.1. The molecule has 0 aliphatic rings. The standard InChI is InChI=1S/C65H120O6/c1-4-7-10-13-16-19-22-25-27-29-31-32-33-34-35-37-38-40-43-46-49-52-55-58-64(67)70-61-62(60-69-63(66)57-54-51-48-45-42-24-21-18-15-12-9-6-3)71-65(68)59-56-53-50-47-44-41-39-36-30-28-26-23-20-17-14-11-8-5-2/h18,21,28-31,62H,4-17,19-20,22-27,32-61H2,1-3H3/b21-18-,30-28-,31-29-. The van der Waals surface area contributed by atoms with Crippen LogP contribution in [-0.2, 0) is 28.6 Å². The van der Waals surface area contributed by atoms with E-state index in [1.807, 2.05) is 0 Å². The molecule has 0 radical (unpaired) electrons. The second kappa shape index (κ2) is 60.2. The van der Waals surface area contributed by atoms with Gasteiger partial charge < -0.3 is 14.2 Å². The second-order valence-electron chi connectivity index (χ2n) is 21.3. The van der Waals surface area contributed by atoms with Gasteiger partial charge in [-0.3, -0.25) is 14.4 Å². The zero-order valence-corrected chi connectivity index (χ0v) is 47.8. The van der Waals surface area contributed by atoms with Crippen LogP contribution in [0.25, 0.3) is 0 Å². The van der Waals surface area contributed by atoms with Gasteiger partial charge in [-0.15, -0.1) is 0 Å². The summed E-state index contributed by atoms with van der Waals surface area (Å²) in [6.45, 7) is 6.65. The normalized spacial score (nSPS) is 12.2. The van der Waals surface area contributed by atoms with Crippen LogP contribution >= 0.6 is 0 Å². The molecule has 0 N–H and O–H groups in total. The summed E-state index contributed by atoms with van der Waals surface area (Å²) in [5.41, 5.74) is 0. The third kappa shape index (κ3) is 58.4. The Labute approximate surface area is 442 Å². The number of unbranched alkanes of at least 4 members (excludes halogenated alkanes) is 41. The van der Waals surface area contributed by atoms with Gasteiger partial charge in [-0.1, -0.05) is 263 Å². The first-order valence-corrected chi connectivity index (χ1v) is 31.5. The zero-order chi connectivity index (χ0) is 51.4. The lowest BCUT2D eigenvalue weighted by molar-refractivity contribution is -0.167. The number of carbonyl (C=O) groups excluding carboxylic acids is 3. The Morgan fingerprint density at radius 1 is 0.268 bits per heavy atom. The van der Waals surface area contributed by atoms with Gasteiger partial charge >= 0.3 is 17.9 Å². The SMILES string of the molecule is CCCCC/C=C\CCCCCCCC(=O)OCC(COC(=O)CCCCCCCCCCCCC/C=C\CCCCCCCCCC)OC(=O)CCCCCCCCC/C=C\CCCCCCCCC. The Morgan fingerprint density at radius 2 is 0.465 bits per heavy atom. The molecule has 0 bridgehead atoms. The van der Waals surface area contributed by atoms with Gasteiger partial charge in [0, 0.05) is 19.3 Å². The molecule has 6 nitrogen and oxygen atoms in total. The van der Waals surface area contributed by atoms with Crippen molar-refractivity contribution in [2.45, 2.75) is 348 Å². The molecule has 416 valence electrons. The quantitative estimate of drug-likeness (QED) is 0.0261. The summed E-state index contributed by atoms with van der Waals surface area (Å²) in [7, 11) is 0. The summed E-state index contributed by atoms with van der Waals surface area (Å²) < 4.78 is 16.9. The van der Waals surface area contributed by atoms with Crippen molar-refractivity contribution in [3.63, 3.8) is 0 Å². The Morgan fingerprint density at radius 3 is 0.732 bits per heavy atom. The molecule has 0 saturated carbocycles. The van der Waals surface area contributed by atoms with E-state index in [9.17, 15) is 14.4 Å². The van der Waals surface area contributed by atoms with Crippen molar-refractivity contribution >= 4 is 17.9 Å². The van der Waals surface area contributed by atoms with E-state index in [0.717, 1.165) is 64.2 Å². The van der Waals surface area contributed by atoms with E-state index in [1.165, 1.54) is 238 Å². The zero-order valence-electron chi connectivity index (χ0n) is 47.8. The number of hydrogen-bond donors (Lipinski definition) is 0. The van der Waals surface area contributed by atoms with Crippen molar-refractivity contribution in [3.8, 4) is 0 Å². The van der Waals surface area contributed by atoms with Gasteiger partial charge in [0.2, 0.25) is 0 Å². The molecule has 0 aromatic heterocycles. The van der Waals surface area contributed by atoms with Crippen molar-refractivity contribution in [2.75, 3.05) is 13.2 Å². The van der Waals surface area contributed by atoms with E-state index in [4.69, 9.17) is 14.2 Å². The Kier molecular flexibility index (Phi) is 58.2. The number of hydrogen-bond acceptors (Lipinski definition) is 6. The van der Waals surface area contributed by atoms with Crippen molar-refractivity contribution in [1.82, 2.24) is 0 Å². The van der Waals surface area contributed by atoms with Crippen LogP contribution in [-0.4, -0.2) is 37.2 Å². The average molecular weight is 998 g/mol. The van der Waals surface area contributed by atoms with Gasteiger partial charge in [0.15, 0.2) is 6.10 Å². The number of esters is 3. The first-order chi connectivity index (χ1) is 35.0. The fourth-order valence-corrected chi connectivity index (χ4v) is 9.31. The average Bonchev–Trinajstić information content (AvgIpc) is 3.37. The lowest BCUT2D eigenvalue weighted by atomic mass is 10.0. The van der Waals surface area contributed by atoms with E-state index in [-0.39, 0.29) is 31.1 Å². The maximum absolute atomic E-state index is 12.9. The molecule has 1 unspecified atom stereocenters. The lowest BCUT2D eigenvalue weighted by Crippen LogP contribution is -2.30. The minimum Gasteiger partial charge on any atom is -0.462 e. The molecule has 0 spiro atoms. The van der Waals surface area contributed by atoms with Gasteiger partial charge in [-0.25, -0.2) is 0 Å². The van der Waals surface area contributed by atoms with E-state index >= 15 is 0 Å². The highest BCUT2D eigenvalue weighted by Gasteiger charge is 2.19. The third-order valence-electron chi connectivity index (χ3n) is 14.1. The summed E-state index contributed by atoms with van der Waals surface area (Å²) in [5.74, 6) is -0.870. The summed E-state index contributed by atoms with van der Waals surface area (Å²) in [4.78, 5) is 38.2. The first-order valence-electron chi connectivity index (χ1n) is 31.5. The molecule has 71 heavy (non-hydrogen) atoms. The molecule has 0 aromatic carbocycles. The Balaban J connectivity index is 4.27.